The van der Waals surface area contributed by atoms with Crippen LogP contribution < -0.4 is 16.4 Å². The van der Waals surface area contributed by atoms with E-state index in [1.165, 1.54) is 16.8 Å². The summed E-state index contributed by atoms with van der Waals surface area (Å²) in [4.78, 5) is 26.2. The van der Waals surface area contributed by atoms with E-state index < -0.39 is 0 Å². The Kier molecular flexibility index (Phi) is 12.4. The molecule has 0 spiro atoms. The van der Waals surface area contributed by atoms with Crippen LogP contribution in [0.5, 0.6) is 0 Å². The first-order chi connectivity index (χ1) is 25.3. The molecule has 5 N–H and O–H groups in total. The molecular formula is C43H54N8O. The fourth-order valence-electron chi connectivity index (χ4n) is 7.23. The molecular weight excluding hydrogens is 645 g/mol. The molecule has 0 bridgehead atoms. The van der Waals surface area contributed by atoms with Gasteiger partial charge < -0.3 is 25.8 Å². The first-order valence-electron chi connectivity index (χ1n) is 18.9. The summed E-state index contributed by atoms with van der Waals surface area (Å²) in [6.07, 6.45) is 4.57. The van der Waals surface area contributed by atoms with Crippen LogP contribution in [-0.2, 0) is 32.5 Å². The molecule has 0 radical (unpaired) electrons. The summed E-state index contributed by atoms with van der Waals surface area (Å²) in [6, 6.07) is 30.9. The zero-order valence-electron chi connectivity index (χ0n) is 30.9. The number of piperazine rings is 1. The van der Waals surface area contributed by atoms with E-state index in [-0.39, 0.29) is 11.7 Å². The third-order valence-electron chi connectivity index (χ3n) is 10.4. The highest BCUT2D eigenvalue weighted by molar-refractivity contribution is 5.97. The second-order valence-electron chi connectivity index (χ2n) is 14.1. The molecule has 0 atom stereocenters. The van der Waals surface area contributed by atoms with Crippen molar-refractivity contribution in [1.29, 1.82) is 5.41 Å². The van der Waals surface area contributed by atoms with Gasteiger partial charge in [-0.3, -0.25) is 15.1 Å². The number of nitrogen functional groups attached to an aromatic ring is 1. The maximum atomic E-state index is 14.0. The summed E-state index contributed by atoms with van der Waals surface area (Å²) in [7, 11) is 0. The summed E-state index contributed by atoms with van der Waals surface area (Å²) in [5.41, 5.74) is 20.9. The number of amidine groups is 1. The van der Waals surface area contributed by atoms with Gasteiger partial charge in [-0.05, 0) is 79.3 Å². The predicted molar refractivity (Wildman–Crippen MR) is 213 cm³/mol. The van der Waals surface area contributed by atoms with Crippen molar-refractivity contribution in [3.05, 3.63) is 130 Å². The van der Waals surface area contributed by atoms with Gasteiger partial charge in [0.1, 0.15) is 11.7 Å². The number of imidazole rings is 1. The van der Waals surface area contributed by atoms with Crippen LogP contribution in [0.15, 0.2) is 91.0 Å². The highest BCUT2D eigenvalue weighted by Gasteiger charge is 2.21. The highest BCUT2D eigenvalue weighted by atomic mass is 16.2. The molecule has 52 heavy (non-hydrogen) atoms. The molecule has 0 aliphatic carbocycles. The number of nitrogens with one attached hydrogen (secondary N) is 1. The number of aryl methyl sites for hydroxylation is 4. The summed E-state index contributed by atoms with van der Waals surface area (Å²) >= 11 is 0. The maximum absolute atomic E-state index is 14.0. The first-order valence-corrected chi connectivity index (χ1v) is 18.9. The zero-order valence-corrected chi connectivity index (χ0v) is 30.9. The fourth-order valence-corrected chi connectivity index (χ4v) is 7.23. The van der Waals surface area contributed by atoms with Crippen LogP contribution in [0.1, 0.15) is 70.2 Å². The highest BCUT2D eigenvalue weighted by Crippen LogP contribution is 2.24. The van der Waals surface area contributed by atoms with Crippen molar-refractivity contribution < 1.29 is 4.79 Å². The predicted octanol–water partition coefficient (Wildman–Crippen LogP) is 6.53. The normalized spacial score (nSPS) is 13.5. The number of carbonyl (C=O) groups excluding carboxylic acids is 1. The molecule has 1 aromatic heterocycles. The van der Waals surface area contributed by atoms with E-state index in [1.54, 1.807) is 0 Å². The molecule has 1 amide bonds. The number of carbonyl (C=O) groups is 1. The molecule has 9 nitrogen and oxygen atoms in total. The third kappa shape index (κ3) is 9.08. The van der Waals surface area contributed by atoms with E-state index in [4.69, 9.17) is 21.9 Å². The van der Waals surface area contributed by atoms with E-state index in [0.717, 1.165) is 105 Å². The van der Waals surface area contributed by atoms with Crippen LogP contribution in [0, 0.1) is 12.3 Å². The third-order valence-corrected chi connectivity index (χ3v) is 10.4. The Bertz CT molecular complexity index is 1940. The lowest BCUT2D eigenvalue weighted by Gasteiger charge is -2.36. The number of para-hydroxylation sites is 1. The SMILES string of the molecule is CCCCN(Cc1ccc(CN)cc1)C(=O)c1ccc2c(c1)nc(CCc1ccc(C(=N)N)cc1)n2CCCN1CCN(c2ccccc2C)CC1. The monoisotopic (exact) mass is 698 g/mol. The van der Waals surface area contributed by atoms with E-state index in [9.17, 15) is 4.79 Å². The Morgan fingerprint density at radius 2 is 1.52 bits per heavy atom. The molecule has 0 unspecified atom stereocenters. The Labute approximate surface area is 308 Å². The van der Waals surface area contributed by atoms with Gasteiger partial charge in [-0.15, -0.1) is 0 Å². The number of hydrogen-bond donors (Lipinski definition) is 3. The first kappa shape index (κ1) is 36.8. The largest absolute Gasteiger partial charge is 0.384 e. The second-order valence-corrected chi connectivity index (χ2v) is 14.1. The van der Waals surface area contributed by atoms with Crippen LogP contribution in [0.25, 0.3) is 11.0 Å². The van der Waals surface area contributed by atoms with Gasteiger partial charge in [0.15, 0.2) is 0 Å². The lowest BCUT2D eigenvalue weighted by atomic mass is 10.1. The molecule has 2 heterocycles. The Morgan fingerprint density at radius 3 is 2.21 bits per heavy atom. The standard InChI is InChI=1S/C43H54N8O/c1-3-4-23-50(31-35-12-10-34(30-44)11-13-35)43(52)37-19-20-40-38(29-37)47-41(21-16-33-14-17-36(18-15-33)42(45)46)51(40)24-7-22-48-25-27-49(28-26-48)39-9-6-5-8-32(39)2/h5-6,8-15,17-20,29H,3-4,7,16,21-28,30-31,44H2,1-2H3,(H3,45,46). The minimum atomic E-state index is 0.0322. The number of nitrogens with zero attached hydrogens (tertiary/aromatic N) is 5. The van der Waals surface area contributed by atoms with Crippen molar-refractivity contribution in [3.8, 4) is 0 Å². The van der Waals surface area contributed by atoms with Crippen LogP contribution in [-0.4, -0.2) is 70.4 Å². The molecule has 5 aromatic rings. The number of fused-ring (bicyclic) bond motifs is 1. The Morgan fingerprint density at radius 1 is 0.827 bits per heavy atom. The number of anilines is 1. The molecule has 1 fully saturated rings. The number of benzene rings is 4. The Hall–Kier alpha value is -4.99. The van der Waals surface area contributed by atoms with E-state index in [1.807, 2.05) is 53.4 Å². The van der Waals surface area contributed by atoms with Crippen LogP contribution in [0.3, 0.4) is 0 Å². The van der Waals surface area contributed by atoms with Crippen molar-refractivity contribution in [2.75, 3.05) is 44.2 Å². The number of rotatable bonds is 16. The maximum Gasteiger partial charge on any atom is 0.254 e. The number of unbranched alkanes of at least 4 members (excludes halogenated alkanes) is 1. The zero-order chi connectivity index (χ0) is 36.5. The molecule has 272 valence electrons. The van der Waals surface area contributed by atoms with Gasteiger partial charge in [0, 0.05) is 75.6 Å². The van der Waals surface area contributed by atoms with Crippen LogP contribution >= 0.6 is 0 Å². The molecule has 1 aliphatic rings. The number of hydrogen-bond acceptors (Lipinski definition) is 6. The average Bonchev–Trinajstić information content (AvgIpc) is 3.52. The smallest absolute Gasteiger partial charge is 0.254 e. The lowest BCUT2D eigenvalue weighted by molar-refractivity contribution is 0.0741. The van der Waals surface area contributed by atoms with Crippen LogP contribution in [0.4, 0.5) is 5.69 Å². The van der Waals surface area contributed by atoms with E-state index in [0.29, 0.717) is 25.2 Å². The van der Waals surface area contributed by atoms with Crippen molar-refractivity contribution in [1.82, 2.24) is 19.4 Å². The minimum absolute atomic E-state index is 0.0322. The van der Waals surface area contributed by atoms with E-state index >= 15 is 0 Å². The Balaban J connectivity index is 1.18. The van der Waals surface area contributed by atoms with Crippen molar-refractivity contribution in [3.63, 3.8) is 0 Å². The minimum Gasteiger partial charge on any atom is -0.384 e. The van der Waals surface area contributed by atoms with Crippen molar-refractivity contribution in [2.45, 2.75) is 65.6 Å². The molecule has 6 rings (SSSR count). The summed E-state index contributed by atoms with van der Waals surface area (Å²) < 4.78 is 2.37. The van der Waals surface area contributed by atoms with Gasteiger partial charge >= 0.3 is 0 Å². The van der Waals surface area contributed by atoms with Crippen LogP contribution in [0.2, 0.25) is 0 Å². The quantitative estimate of drug-likeness (QED) is 0.0797. The molecule has 9 heteroatoms. The van der Waals surface area contributed by atoms with Gasteiger partial charge in [-0.1, -0.05) is 80.1 Å². The van der Waals surface area contributed by atoms with Gasteiger partial charge in [0.05, 0.1) is 11.0 Å². The number of nitrogens with two attached hydrogens (primary N) is 2. The van der Waals surface area contributed by atoms with Crippen molar-refractivity contribution in [2.24, 2.45) is 11.5 Å². The lowest BCUT2D eigenvalue weighted by Crippen LogP contribution is -2.47. The van der Waals surface area contributed by atoms with Gasteiger partial charge in [0.25, 0.3) is 5.91 Å². The van der Waals surface area contributed by atoms with Gasteiger partial charge in [-0.25, -0.2) is 4.98 Å². The molecule has 0 saturated carbocycles. The fraction of sp³-hybridized carbons (Fsp3) is 0.372. The second kappa shape index (κ2) is 17.5. The van der Waals surface area contributed by atoms with E-state index in [2.05, 4.69) is 70.7 Å². The average molecular weight is 699 g/mol. The van der Waals surface area contributed by atoms with Crippen molar-refractivity contribution >= 4 is 28.5 Å². The summed E-state index contributed by atoms with van der Waals surface area (Å²) in [5.74, 6) is 1.14. The molecule has 1 aliphatic heterocycles. The molecule has 1 saturated heterocycles. The molecule has 4 aromatic carbocycles. The number of amides is 1. The topological polar surface area (TPSA) is 120 Å². The summed E-state index contributed by atoms with van der Waals surface area (Å²) in [5, 5.41) is 7.73. The van der Waals surface area contributed by atoms with Gasteiger partial charge in [0.2, 0.25) is 0 Å². The van der Waals surface area contributed by atoms with Gasteiger partial charge in [-0.2, -0.15) is 0 Å². The number of aromatic nitrogens is 2. The summed E-state index contributed by atoms with van der Waals surface area (Å²) in [6.45, 7) is 12.2.